The molecule has 1 N–H and O–H groups in total. The molecule has 5 heteroatoms. The Kier molecular flexibility index (Phi) is 7.70. The molecule has 172 valence electrons. The van der Waals surface area contributed by atoms with E-state index in [9.17, 15) is 14.0 Å². The quantitative estimate of drug-likeness (QED) is 0.645. The predicted molar refractivity (Wildman–Crippen MR) is 127 cm³/mol. The molecule has 1 aliphatic heterocycles. The van der Waals surface area contributed by atoms with Gasteiger partial charge in [-0.3, -0.25) is 9.59 Å². The molecular weight excluding hydrogens is 403 g/mol. The number of likely N-dealkylation sites (tertiary alicyclic amines) is 1. The van der Waals surface area contributed by atoms with Gasteiger partial charge in [0, 0.05) is 31.1 Å². The summed E-state index contributed by atoms with van der Waals surface area (Å²) in [6.45, 7) is 9.24. The highest BCUT2D eigenvalue weighted by Gasteiger charge is 2.42. The Hall–Kier alpha value is -2.69. The molecule has 1 saturated heterocycles. The molecule has 2 amide bonds. The number of rotatable bonds is 7. The Morgan fingerprint density at radius 1 is 1.00 bits per heavy atom. The van der Waals surface area contributed by atoms with Gasteiger partial charge in [0.05, 0.1) is 5.41 Å². The van der Waals surface area contributed by atoms with Crippen LogP contribution in [0.3, 0.4) is 0 Å². The van der Waals surface area contributed by atoms with E-state index in [0.717, 1.165) is 11.1 Å². The molecule has 1 fully saturated rings. The molecule has 0 saturated carbocycles. The van der Waals surface area contributed by atoms with Crippen LogP contribution in [0.5, 0.6) is 0 Å². The van der Waals surface area contributed by atoms with Crippen molar-refractivity contribution in [2.75, 3.05) is 13.1 Å². The van der Waals surface area contributed by atoms with Crippen molar-refractivity contribution in [1.29, 1.82) is 0 Å². The van der Waals surface area contributed by atoms with Crippen LogP contribution in [-0.2, 0) is 16.0 Å². The third-order valence-corrected chi connectivity index (χ3v) is 6.24. The van der Waals surface area contributed by atoms with Crippen LogP contribution < -0.4 is 5.32 Å². The summed E-state index contributed by atoms with van der Waals surface area (Å²) in [5, 5.41) is 3.10. The van der Waals surface area contributed by atoms with Crippen LogP contribution in [0.4, 0.5) is 4.39 Å². The topological polar surface area (TPSA) is 49.4 Å². The summed E-state index contributed by atoms with van der Waals surface area (Å²) in [5.41, 5.74) is 1.90. The van der Waals surface area contributed by atoms with Crippen molar-refractivity contribution < 1.29 is 14.0 Å². The van der Waals surface area contributed by atoms with Gasteiger partial charge in [-0.1, -0.05) is 56.3 Å². The number of nitrogens with zero attached hydrogens (tertiary/aromatic N) is 1. The molecule has 4 nitrogen and oxygen atoms in total. The summed E-state index contributed by atoms with van der Waals surface area (Å²) in [6, 6.07) is 14.6. The Labute approximate surface area is 191 Å². The number of benzene rings is 2. The van der Waals surface area contributed by atoms with E-state index < -0.39 is 5.41 Å². The number of hydrogen-bond donors (Lipinski definition) is 1. The van der Waals surface area contributed by atoms with Gasteiger partial charge in [0.2, 0.25) is 11.8 Å². The lowest BCUT2D eigenvalue weighted by molar-refractivity contribution is -0.141. The summed E-state index contributed by atoms with van der Waals surface area (Å²) in [7, 11) is 0. The number of carbonyl (C=O) groups is 2. The van der Waals surface area contributed by atoms with Crippen LogP contribution in [0, 0.1) is 17.2 Å². The smallest absolute Gasteiger partial charge is 0.226 e. The molecule has 0 spiro atoms. The Morgan fingerprint density at radius 2 is 1.62 bits per heavy atom. The van der Waals surface area contributed by atoms with Crippen LogP contribution >= 0.6 is 0 Å². The van der Waals surface area contributed by atoms with Gasteiger partial charge in [-0.25, -0.2) is 4.39 Å². The molecule has 32 heavy (non-hydrogen) atoms. The van der Waals surface area contributed by atoms with Gasteiger partial charge >= 0.3 is 0 Å². The molecule has 0 radical (unpaired) electrons. The van der Waals surface area contributed by atoms with Crippen molar-refractivity contribution >= 4 is 11.8 Å². The Balaban J connectivity index is 1.78. The minimum Gasteiger partial charge on any atom is -0.353 e. The van der Waals surface area contributed by atoms with Gasteiger partial charge in [-0.15, -0.1) is 0 Å². The maximum absolute atomic E-state index is 14.1. The number of nitrogens with one attached hydrogen (secondary N) is 1. The van der Waals surface area contributed by atoms with E-state index in [1.54, 1.807) is 12.1 Å². The third-order valence-electron chi connectivity index (χ3n) is 6.24. The number of carbonyl (C=O) groups excluding carboxylic acids is 2. The highest BCUT2D eigenvalue weighted by molar-refractivity contribution is 5.84. The molecule has 1 heterocycles. The number of hydrogen-bond acceptors (Lipinski definition) is 2. The zero-order valence-corrected chi connectivity index (χ0v) is 19.7. The zero-order valence-electron chi connectivity index (χ0n) is 19.7. The fourth-order valence-corrected chi connectivity index (χ4v) is 4.45. The SMILES string of the molecule is CC(C)CC(=O)N1CCC(Cc2ccc(-c3ccccc3F)cc2)(C(=O)NC(C)C)CC1. The van der Waals surface area contributed by atoms with Gasteiger partial charge in [0.15, 0.2) is 0 Å². The van der Waals surface area contributed by atoms with Crippen molar-refractivity contribution in [1.82, 2.24) is 10.2 Å². The lowest BCUT2D eigenvalue weighted by Gasteiger charge is -2.41. The molecule has 2 aromatic rings. The second-order valence-corrected chi connectivity index (χ2v) is 9.74. The van der Waals surface area contributed by atoms with E-state index in [0.29, 0.717) is 50.3 Å². The average molecular weight is 439 g/mol. The van der Waals surface area contributed by atoms with Crippen molar-refractivity contribution in [2.24, 2.45) is 11.3 Å². The first kappa shape index (κ1) is 24.0. The molecule has 1 aliphatic rings. The molecule has 0 aliphatic carbocycles. The summed E-state index contributed by atoms with van der Waals surface area (Å²) in [6.07, 6.45) is 2.44. The maximum Gasteiger partial charge on any atom is 0.226 e. The largest absolute Gasteiger partial charge is 0.353 e. The third kappa shape index (κ3) is 5.76. The molecule has 0 unspecified atom stereocenters. The van der Waals surface area contributed by atoms with Crippen molar-refractivity contribution in [2.45, 2.75) is 59.4 Å². The molecule has 0 bridgehead atoms. The highest BCUT2D eigenvalue weighted by atomic mass is 19.1. The summed E-state index contributed by atoms with van der Waals surface area (Å²) < 4.78 is 14.1. The standard InChI is InChI=1S/C27H35FN2O2/c1-19(2)17-25(31)30-15-13-27(14-16-30,26(32)29-20(3)4)18-21-9-11-22(12-10-21)23-7-5-6-8-24(23)28/h5-12,19-20H,13-18H2,1-4H3,(H,29,32). The fraction of sp³-hybridized carbons (Fsp3) is 0.481. The van der Waals surface area contributed by atoms with Crippen LogP contribution in [-0.4, -0.2) is 35.8 Å². The summed E-state index contributed by atoms with van der Waals surface area (Å²) in [4.78, 5) is 27.7. The molecule has 2 aromatic carbocycles. The van der Waals surface area contributed by atoms with Gasteiger partial charge in [-0.2, -0.15) is 0 Å². The van der Waals surface area contributed by atoms with Gasteiger partial charge in [0.1, 0.15) is 5.82 Å². The first-order valence-corrected chi connectivity index (χ1v) is 11.6. The summed E-state index contributed by atoms with van der Waals surface area (Å²) in [5.74, 6) is 0.312. The Morgan fingerprint density at radius 3 is 2.19 bits per heavy atom. The van der Waals surface area contributed by atoms with Crippen LogP contribution in [0.2, 0.25) is 0 Å². The number of piperidine rings is 1. The van der Waals surface area contributed by atoms with E-state index in [1.807, 2.05) is 62.9 Å². The second kappa shape index (κ2) is 10.3. The average Bonchev–Trinajstić information content (AvgIpc) is 2.74. The first-order valence-electron chi connectivity index (χ1n) is 11.6. The first-order chi connectivity index (χ1) is 15.2. The molecular formula is C27H35FN2O2. The lowest BCUT2D eigenvalue weighted by atomic mass is 9.72. The van der Waals surface area contributed by atoms with E-state index in [4.69, 9.17) is 0 Å². The molecule has 3 rings (SSSR count). The van der Waals surface area contributed by atoms with Gasteiger partial charge in [0.25, 0.3) is 0 Å². The van der Waals surface area contributed by atoms with E-state index in [2.05, 4.69) is 5.32 Å². The van der Waals surface area contributed by atoms with E-state index >= 15 is 0 Å². The van der Waals surface area contributed by atoms with E-state index in [-0.39, 0.29) is 23.7 Å². The Bertz CT molecular complexity index is 929. The van der Waals surface area contributed by atoms with Crippen LogP contribution in [0.1, 0.15) is 52.5 Å². The van der Waals surface area contributed by atoms with Gasteiger partial charge < -0.3 is 10.2 Å². The maximum atomic E-state index is 14.1. The second-order valence-electron chi connectivity index (χ2n) is 9.74. The minimum atomic E-state index is -0.543. The van der Waals surface area contributed by atoms with Crippen LogP contribution in [0.25, 0.3) is 11.1 Å². The minimum absolute atomic E-state index is 0.0571. The normalized spacial score (nSPS) is 15.8. The number of halogens is 1. The summed E-state index contributed by atoms with van der Waals surface area (Å²) >= 11 is 0. The van der Waals surface area contributed by atoms with Crippen molar-refractivity contribution in [3.63, 3.8) is 0 Å². The van der Waals surface area contributed by atoms with Gasteiger partial charge in [-0.05, 0) is 56.2 Å². The monoisotopic (exact) mass is 438 g/mol. The van der Waals surface area contributed by atoms with Crippen molar-refractivity contribution in [3.05, 3.63) is 59.9 Å². The van der Waals surface area contributed by atoms with Crippen molar-refractivity contribution in [3.8, 4) is 11.1 Å². The lowest BCUT2D eigenvalue weighted by Crippen LogP contribution is -2.52. The fourth-order valence-electron chi connectivity index (χ4n) is 4.45. The predicted octanol–water partition coefficient (Wildman–Crippen LogP) is 5.21. The van der Waals surface area contributed by atoms with Crippen LogP contribution in [0.15, 0.2) is 48.5 Å². The van der Waals surface area contributed by atoms with E-state index in [1.165, 1.54) is 6.07 Å². The highest BCUT2D eigenvalue weighted by Crippen LogP contribution is 2.37. The zero-order chi connectivity index (χ0) is 23.3. The number of amides is 2. The molecule has 0 aromatic heterocycles. The molecule has 0 atom stereocenters.